The molecule has 4 nitrogen and oxygen atoms in total. The lowest BCUT2D eigenvalue weighted by molar-refractivity contribution is -0.124. The van der Waals surface area contributed by atoms with E-state index in [1.165, 1.54) is 25.7 Å². The van der Waals surface area contributed by atoms with Crippen LogP contribution in [0, 0.1) is 11.3 Å². The molecule has 0 bridgehead atoms. The number of methoxy groups -OCH3 is 1. The Hall–Kier alpha value is -0.610. The SMILES string of the molecule is COC(CN)CC(=O)NCC1(CC(C)C)CCC1. The zero-order chi connectivity index (χ0) is 13.6. The van der Waals surface area contributed by atoms with Crippen molar-refractivity contribution in [3.05, 3.63) is 0 Å². The first-order valence-electron chi connectivity index (χ1n) is 7.01. The van der Waals surface area contributed by atoms with Gasteiger partial charge in [0.1, 0.15) is 0 Å². The Morgan fingerprint density at radius 1 is 1.44 bits per heavy atom. The topological polar surface area (TPSA) is 64.3 Å². The van der Waals surface area contributed by atoms with Gasteiger partial charge in [0.15, 0.2) is 0 Å². The van der Waals surface area contributed by atoms with Crippen LogP contribution in [0.15, 0.2) is 0 Å². The van der Waals surface area contributed by atoms with Crippen molar-refractivity contribution < 1.29 is 9.53 Å². The summed E-state index contributed by atoms with van der Waals surface area (Å²) in [4.78, 5) is 11.8. The average Bonchev–Trinajstić information content (AvgIpc) is 2.28. The number of carbonyl (C=O) groups excluding carboxylic acids is 1. The van der Waals surface area contributed by atoms with E-state index >= 15 is 0 Å². The van der Waals surface area contributed by atoms with Crippen molar-refractivity contribution in [3.63, 3.8) is 0 Å². The molecule has 0 heterocycles. The molecule has 1 amide bonds. The molecule has 18 heavy (non-hydrogen) atoms. The molecule has 1 aliphatic rings. The molecular formula is C14H28N2O2. The molecule has 0 aromatic heterocycles. The maximum Gasteiger partial charge on any atom is 0.222 e. The predicted molar refractivity (Wildman–Crippen MR) is 73.2 cm³/mol. The molecule has 0 saturated heterocycles. The highest BCUT2D eigenvalue weighted by atomic mass is 16.5. The van der Waals surface area contributed by atoms with Gasteiger partial charge in [-0.1, -0.05) is 20.3 Å². The van der Waals surface area contributed by atoms with Crippen LogP contribution in [0.4, 0.5) is 0 Å². The third kappa shape index (κ3) is 4.58. The van der Waals surface area contributed by atoms with Crippen LogP contribution in [0.25, 0.3) is 0 Å². The molecule has 106 valence electrons. The number of carbonyl (C=O) groups is 1. The number of amides is 1. The van der Waals surface area contributed by atoms with Crippen molar-refractivity contribution in [2.75, 3.05) is 20.2 Å². The van der Waals surface area contributed by atoms with Gasteiger partial charge in [0, 0.05) is 20.2 Å². The monoisotopic (exact) mass is 256 g/mol. The van der Waals surface area contributed by atoms with Crippen LogP contribution in [0.3, 0.4) is 0 Å². The smallest absolute Gasteiger partial charge is 0.222 e. The van der Waals surface area contributed by atoms with E-state index in [4.69, 9.17) is 10.5 Å². The Labute approximate surface area is 111 Å². The van der Waals surface area contributed by atoms with Crippen molar-refractivity contribution in [3.8, 4) is 0 Å². The molecule has 3 N–H and O–H groups in total. The van der Waals surface area contributed by atoms with E-state index in [1.807, 2.05) is 0 Å². The number of nitrogens with two attached hydrogens (primary N) is 1. The Morgan fingerprint density at radius 2 is 2.11 bits per heavy atom. The Kier molecular flexibility index (Phi) is 6.09. The largest absolute Gasteiger partial charge is 0.380 e. The van der Waals surface area contributed by atoms with Crippen LogP contribution in [-0.4, -0.2) is 32.2 Å². The molecule has 4 heteroatoms. The van der Waals surface area contributed by atoms with E-state index in [2.05, 4.69) is 19.2 Å². The molecule has 0 radical (unpaired) electrons. The molecule has 1 aliphatic carbocycles. The van der Waals surface area contributed by atoms with E-state index in [0.29, 0.717) is 24.3 Å². The zero-order valence-corrected chi connectivity index (χ0v) is 12.0. The Morgan fingerprint density at radius 3 is 2.50 bits per heavy atom. The van der Waals surface area contributed by atoms with E-state index in [1.54, 1.807) is 7.11 Å². The molecule has 1 unspecified atom stereocenters. The first kappa shape index (κ1) is 15.4. The fourth-order valence-electron chi connectivity index (χ4n) is 2.82. The van der Waals surface area contributed by atoms with Gasteiger partial charge in [-0.2, -0.15) is 0 Å². The number of hydrogen-bond acceptors (Lipinski definition) is 3. The highest BCUT2D eigenvalue weighted by molar-refractivity contribution is 5.76. The second-order valence-electron chi connectivity index (χ2n) is 6.03. The maximum absolute atomic E-state index is 11.8. The second-order valence-corrected chi connectivity index (χ2v) is 6.03. The van der Waals surface area contributed by atoms with Crippen LogP contribution in [0.2, 0.25) is 0 Å². The summed E-state index contributed by atoms with van der Waals surface area (Å²) in [6.07, 6.45) is 5.20. The number of rotatable bonds is 8. The highest BCUT2D eigenvalue weighted by Gasteiger charge is 2.37. The molecule has 1 fully saturated rings. The molecule has 1 rings (SSSR count). The van der Waals surface area contributed by atoms with Crippen LogP contribution >= 0.6 is 0 Å². The molecule has 0 aromatic rings. The summed E-state index contributed by atoms with van der Waals surface area (Å²) in [6, 6.07) is 0. The lowest BCUT2D eigenvalue weighted by Crippen LogP contribution is -2.44. The van der Waals surface area contributed by atoms with Gasteiger partial charge in [-0.3, -0.25) is 4.79 Å². The summed E-state index contributed by atoms with van der Waals surface area (Å²) in [6.45, 7) is 5.70. The average molecular weight is 256 g/mol. The number of nitrogens with one attached hydrogen (secondary N) is 1. The van der Waals surface area contributed by atoms with Crippen molar-refractivity contribution >= 4 is 5.91 Å². The van der Waals surface area contributed by atoms with Gasteiger partial charge in [0.2, 0.25) is 5.91 Å². The highest BCUT2D eigenvalue weighted by Crippen LogP contribution is 2.45. The molecule has 0 aromatic carbocycles. The molecule has 0 spiro atoms. The van der Waals surface area contributed by atoms with Crippen LogP contribution in [0.5, 0.6) is 0 Å². The minimum Gasteiger partial charge on any atom is -0.380 e. The Balaban J connectivity index is 2.32. The third-order valence-electron chi connectivity index (χ3n) is 3.93. The maximum atomic E-state index is 11.8. The van der Waals surface area contributed by atoms with E-state index < -0.39 is 0 Å². The third-order valence-corrected chi connectivity index (χ3v) is 3.93. The van der Waals surface area contributed by atoms with Gasteiger partial charge < -0.3 is 15.8 Å². The summed E-state index contributed by atoms with van der Waals surface area (Å²) < 4.78 is 5.12. The van der Waals surface area contributed by atoms with Gasteiger partial charge in [-0.15, -0.1) is 0 Å². The van der Waals surface area contributed by atoms with Crippen LogP contribution in [-0.2, 0) is 9.53 Å². The van der Waals surface area contributed by atoms with Crippen molar-refractivity contribution in [1.29, 1.82) is 0 Å². The summed E-state index contributed by atoms with van der Waals surface area (Å²) in [5.74, 6) is 0.750. The van der Waals surface area contributed by atoms with Gasteiger partial charge in [-0.05, 0) is 30.6 Å². The van der Waals surface area contributed by atoms with Gasteiger partial charge >= 0.3 is 0 Å². The summed E-state index contributed by atoms with van der Waals surface area (Å²) >= 11 is 0. The fraction of sp³-hybridized carbons (Fsp3) is 0.929. The van der Waals surface area contributed by atoms with E-state index in [0.717, 1.165) is 6.54 Å². The molecular weight excluding hydrogens is 228 g/mol. The van der Waals surface area contributed by atoms with E-state index in [-0.39, 0.29) is 12.0 Å². The lowest BCUT2D eigenvalue weighted by Gasteiger charge is -2.43. The Bertz CT molecular complexity index is 259. The van der Waals surface area contributed by atoms with Crippen LogP contribution in [0.1, 0.15) is 46.0 Å². The van der Waals surface area contributed by atoms with Crippen molar-refractivity contribution in [2.24, 2.45) is 17.1 Å². The predicted octanol–water partition coefficient (Wildman–Crippen LogP) is 1.68. The first-order chi connectivity index (χ1) is 8.51. The normalized spacial score (nSPS) is 19.4. The minimum atomic E-state index is -0.160. The quantitative estimate of drug-likeness (QED) is 0.694. The second kappa shape index (κ2) is 7.10. The van der Waals surface area contributed by atoms with Crippen molar-refractivity contribution in [2.45, 2.75) is 52.1 Å². The first-order valence-corrected chi connectivity index (χ1v) is 7.01. The van der Waals surface area contributed by atoms with Gasteiger partial charge in [0.05, 0.1) is 12.5 Å². The fourth-order valence-corrected chi connectivity index (χ4v) is 2.82. The summed E-state index contributed by atoms with van der Waals surface area (Å²) in [5.41, 5.74) is 5.87. The molecule has 1 saturated carbocycles. The summed E-state index contributed by atoms with van der Waals surface area (Å²) in [7, 11) is 1.59. The molecule has 0 aliphatic heterocycles. The molecule has 1 atom stereocenters. The number of hydrogen-bond donors (Lipinski definition) is 2. The van der Waals surface area contributed by atoms with Gasteiger partial charge in [-0.25, -0.2) is 0 Å². The summed E-state index contributed by atoms with van der Waals surface area (Å²) in [5, 5.41) is 3.06. The minimum absolute atomic E-state index is 0.0577. The zero-order valence-electron chi connectivity index (χ0n) is 12.0. The van der Waals surface area contributed by atoms with Crippen molar-refractivity contribution in [1.82, 2.24) is 5.32 Å². The van der Waals surface area contributed by atoms with Gasteiger partial charge in [0.25, 0.3) is 0 Å². The lowest BCUT2D eigenvalue weighted by atomic mass is 9.64. The van der Waals surface area contributed by atoms with E-state index in [9.17, 15) is 4.79 Å². The van der Waals surface area contributed by atoms with Crippen LogP contribution < -0.4 is 11.1 Å². The standard InChI is InChI=1S/C14H28N2O2/c1-11(2)8-14(5-4-6-14)10-16-13(17)7-12(9-15)18-3/h11-12H,4-10,15H2,1-3H3,(H,16,17). The number of ether oxygens (including phenoxy) is 1.